The third-order valence-electron chi connectivity index (χ3n) is 3.13. The minimum atomic E-state index is 0.565. The summed E-state index contributed by atoms with van der Waals surface area (Å²) in [5.41, 5.74) is 7.53. The molecule has 0 heteroatoms. The van der Waals surface area contributed by atoms with Crippen LogP contribution in [0.15, 0.2) is 48.7 Å². The Balaban J connectivity index is 3.18. The Bertz CT molecular complexity index is 429. The predicted octanol–water partition coefficient (Wildman–Crippen LogP) is 5.37. The van der Waals surface area contributed by atoms with Crippen molar-refractivity contribution in [2.45, 2.75) is 46.0 Å². The average molecular weight is 240 g/mol. The summed E-state index contributed by atoms with van der Waals surface area (Å²) in [4.78, 5) is 0. The van der Waals surface area contributed by atoms with E-state index >= 15 is 0 Å². The third kappa shape index (κ3) is 3.75. The minimum Gasteiger partial charge on any atom is -0.125 e. The highest BCUT2D eigenvalue weighted by molar-refractivity contribution is 5.40. The van der Waals surface area contributed by atoms with Crippen molar-refractivity contribution >= 4 is 0 Å². The lowest BCUT2D eigenvalue weighted by atomic mass is 9.87. The second-order valence-electron chi connectivity index (χ2n) is 5.20. The maximum atomic E-state index is 3.66. The highest BCUT2D eigenvalue weighted by atomic mass is 14.2. The number of hydrogen-bond donors (Lipinski definition) is 0. The van der Waals surface area contributed by atoms with Gasteiger partial charge >= 0.3 is 0 Å². The van der Waals surface area contributed by atoms with Crippen molar-refractivity contribution in [1.82, 2.24) is 0 Å². The first-order chi connectivity index (χ1) is 8.57. The Morgan fingerprint density at radius 3 is 2.11 bits per heavy atom. The molecule has 0 atom stereocenters. The van der Waals surface area contributed by atoms with E-state index < -0.39 is 0 Å². The lowest BCUT2D eigenvalue weighted by Crippen LogP contribution is -2.02. The van der Waals surface area contributed by atoms with Gasteiger partial charge in [-0.3, -0.25) is 0 Å². The van der Waals surface area contributed by atoms with Crippen LogP contribution < -0.4 is 0 Å². The molecule has 0 spiro atoms. The van der Waals surface area contributed by atoms with Crippen molar-refractivity contribution in [2.75, 3.05) is 0 Å². The van der Waals surface area contributed by atoms with Crippen molar-refractivity contribution in [3.63, 3.8) is 0 Å². The lowest BCUT2D eigenvalue weighted by Gasteiger charge is -2.18. The maximum Gasteiger partial charge on any atom is -0.00156 e. The van der Waals surface area contributed by atoms with Crippen LogP contribution >= 0.6 is 0 Å². The molecule has 0 unspecified atom stereocenters. The standard InChI is InChI=1S/C18H24/c1-6-7-8-9-11-18-16(14(2)3)12-10-13-17(18)15(4)5/h6-7,9-10,12-15H,1,11H2,2-5H3. The zero-order valence-corrected chi connectivity index (χ0v) is 12.0. The SMILES string of the molecule is C=CC=C=CCc1c(C(C)C)cccc1C(C)C. The van der Waals surface area contributed by atoms with E-state index in [1.54, 1.807) is 6.08 Å². The normalized spacial score (nSPS) is 10.3. The molecule has 0 N–H and O–H groups in total. The van der Waals surface area contributed by atoms with Crippen LogP contribution in [0.5, 0.6) is 0 Å². The summed E-state index contributed by atoms with van der Waals surface area (Å²) in [7, 11) is 0. The summed E-state index contributed by atoms with van der Waals surface area (Å²) in [6.45, 7) is 12.7. The minimum absolute atomic E-state index is 0.565. The van der Waals surface area contributed by atoms with Gasteiger partial charge in [-0.2, -0.15) is 0 Å². The summed E-state index contributed by atoms with van der Waals surface area (Å²) >= 11 is 0. The first-order valence-corrected chi connectivity index (χ1v) is 6.71. The molecule has 0 aliphatic carbocycles. The Kier molecular flexibility index (Phi) is 5.68. The van der Waals surface area contributed by atoms with Crippen LogP contribution in [0, 0.1) is 0 Å². The second-order valence-corrected chi connectivity index (χ2v) is 5.20. The Labute approximate surface area is 112 Å². The van der Waals surface area contributed by atoms with Gasteiger partial charge in [-0.25, -0.2) is 0 Å². The van der Waals surface area contributed by atoms with Gasteiger partial charge in [0.05, 0.1) is 0 Å². The van der Waals surface area contributed by atoms with Crippen molar-refractivity contribution in [2.24, 2.45) is 0 Å². The van der Waals surface area contributed by atoms with Gasteiger partial charge in [0, 0.05) is 0 Å². The molecule has 0 saturated heterocycles. The average Bonchev–Trinajstić information content (AvgIpc) is 2.34. The molecule has 0 aliphatic rings. The molecule has 0 heterocycles. The number of allylic oxidation sites excluding steroid dienone is 2. The molecular weight excluding hydrogens is 216 g/mol. The van der Waals surface area contributed by atoms with Gasteiger partial charge in [0.15, 0.2) is 0 Å². The molecule has 18 heavy (non-hydrogen) atoms. The first kappa shape index (κ1) is 14.5. The van der Waals surface area contributed by atoms with Crippen LogP contribution in [-0.4, -0.2) is 0 Å². The first-order valence-electron chi connectivity index (χ1n) is 6.71. The second kappa shape index (κ2) is 7.03. The molecule has 0 fully saturated rings. The van der Waals surface area contributed by atoms with Gasteiger partial charge in [0.25, 0.3) is 0 Å². The summed E-state index contributed by atoms with van der Waals surface area (Å²) < 4.78 is 0. The molecule has 0 amide bonds. The van der Waals surface area contributed by atoms with Crippen LogP contribution in [0.25, 0.3) is 0 Å². The van der Waals surface area contributed by atoms with E-state index in [0.29, 0.717) is 11.8 Å². The number of hydrogen-bond acceptors (Lipinski definition) is 0. The van der Waals surface area contributed by atoms with Gasteiger partial charge in [-0.15, -0.1) is 5.73 Å². The Hall–Kier alpha value is -1.52. The van der Waals surface area contributed by atoms with Gasteiger partial charge < -0.3 is 0 Å². The van der Waals surface area contributed by atoms with Crippen molar-refractivity contribution < 1.29 is 0 Å². The van der Waals surface area contributed by atoms with Gasteiger partial charge in [0.1, 0.15) is 0 Å². The number of rotatable bonds is 5. The quantitative estimate of drug-likeness (QED) is 0.479. The van der Waals surface area contributed by atoms with E-state index in [1.165, 1.54) is 16.7 Å². The molecule has 0 bridgehead atoms. The fourth-order valence-corrected chi connectivity index (χ4v) is 2.24. The Morgan fingerprint density at radius 1 is 1.11 bits per heavy atom. The maximum absolute atomic E-state index is 3.66. The summed E-state index contributed by atoms with van der Waals surface area (Å²) in [5.74, 6) is 1.13. The van der Waals surface area contributed by atoms with Gasteiger partial charge in [-0.05, 0) is 47.1 Å². The topological polar surface area (TPSA) is 0 Å². The van der Waals surface area contributed by atoms with Crippen molar-refractivity contribution in [3.8, 4) is 0 Å². The zero-order chi connectivity index (χ0) is 13.5. The summed E-state index contributed by atoms with van der Waals surface area (Å²) in [5, 5.41) is 0. The molecular formula is C18H24. The van der Waals surface area contributed by atoms with Crippen LogP contribution in [0.1, 0.15) is 56.2 Å². The molecule has 0 nitrogen and oxygen atoms in total. The van der Waals surface area contributed by atoms with E-state index in [4.69, 9.17) is 0 Å². The molecule has 1 aromatic carbocycles. The van der Waals surface area contributed by atoms with Crippen molar-refractivity contribution in [1.29, 1.82) is 0 Å². The number of benzene rings is 1. The fraction of sp³-hybridized carbons (Fsp3) is 0.389. The zero-order valence-electron chi connectivity index (χ0n) is 12.0. The largest absolute Gasteiger partial charge is 0.125 e. The van der Waals surface area contributed by atoms with E-state index in [1.807, 2.05) is 6.08 Å². The van der Waals surface area contributed by atoms with Gasteiger partial charge in [0.2, 0.25) is 0 Å². The van der Waals surface area contributed by atoms with E-state index in [0.717, 1.165) is 6.42 Å². The summed E-state index contributed by atoms with van der Waals surface area (Å²) in [6, 6.07) is 6.67. The Morgan fingerprint density at radius 2 is 1.67 bits per heavy atom. The summed E-state index contributed by atoms with van der Waals surface area (Å²) in [6.07, 6.45) is 6.65. The third-order valence-corrected chi connectivity index (χ3v) is 3.13. The van der Waals surface area contributed by atoms with Crippen LogP contribution in [0.2, 0.25) is 0 Å². The molecule has 1 aromatic rings. The van der Waals surface area contributed by atoms with Crippen molar-refractivity contribution in [3.05, 3.63) is 65.4 Å². The monoisotopic (exact) mass is 240 g/mol. The molecule has 0 saturated carbocycles. The van der Waals surface area contributed by atoms with Gasteiger partial charge in [-0.1, -0.05) is 58.5 Å². The highest BCUT2D eigenvalue weighted by Gasteiger charge is 2.11. The van der Waals surface area contributed by atoms with E-state index in [9.17, 15) is 0 Å². The fourth-order valence-electron chi connectivity index (χ4n) is 2.24. The van der Waals surface area contributed by atoms with Crippen LogP contribution in [-0.2, 0) is 6.42 Å². The van der Waals surface area contributed by atoms with E-state index in [-0.39, 0.29) is 0 Å². The molecule has 0 radical (unpaired) electrons. The van der Waals surface area contributed by atoms with E-state index in [2.05, 4.69) is 64.3 Å². The van der Waals surface area contributed by atoms with Crippen LogP contribution in [0.3, 0.4) is 0 Å². The predicted molar refractivity (Wildman–Crippen MR) is 81.2 cm³/mol. The molecule has 0 aliphatic heterocycles. The smallest absolute Gasteiger partial charge is 0.00156 e. The molecule has 1 rings (SSSR count). The van der Waals surface area contributed by atoms with Crippen LogP contribution in [0.4, 0.5) is 0 Å². The molecule has 0 aromatic heterocycles. The molecule has 96 valence electrons. The lowest BCUT2D eigenvalue weighted by molar-refractivity contribution is 0.808. The highest BCUT2D eigenvalue weighted by Crippen LogP contribution is 2.28.